The van der Waals surface area contributed by atoms with Gasteiger partial charge in [-0.25, -0.2) is 9.48 Å². The third-order valence-electron chi connectivity index (χ3n) is 9.78. The third kappa shape index (κ3) is 5.00. The quantitative estimate of drug-likeness (QED) is 0.165. The van der Waals surface area contributed by atoms with Crippen molar-refractivity contribution in [3.8, 4) is 0 Å². The summed E-state index contributed by atoms with van der Waals surface area (Å²) in [7, 11) is 0. The minimum absolute atomic E-state index is 0.0500. The molecule has 1 aromatic heterocycles. The number of aliphatic carboxylic acids is 1. The van der Waals surface area contributed by atoms with Gasteiger partial charge in [-0.15, -0.1) is 16.9 Å². The summed E-state index contributed by atoms with van der Waals surface area (Å²) in [5.41, 5.74) is 10.9. The van der Waals surface area contributed by atoms with Gasteiger partial charge in [0.05, 0.1) is 18.1 Å². The fraction of sp³-hybridized carbons (Fsp3) is 0.731. The Balaban J connectivity index is 1.10. The highest BCUT2D eigenvalue weighted by molar-refractivity contribution is 8.03. The van der Waals surface area contributed by atoms with E-state index in [1.807, 2.05) is 11.8 Å². The predicted molar refractivity (Wildman–Crippen MR) is 154 cm³/mol. The van der Waals surface area contributed by atoms with E-state index in [0.717, 1.165) is 26.1 Å². The Morgan fingerprint density at radius 2 is 2.12 bits per heavy atom. The molecule has 6 heterocycles. The maximum atomic E-state index is 13.5. The maximum Gasteiger partial charge on any atom is 0.353 e. The lowest BCUT2D eigenvalue weighted by Crippen LogP contribution is -2.83. The molecule has 5 aliphatic heterocycles. The Hall–Kier alpha value is -3.12. The first kappa shape index (κ1) is 29.9. The van der Waals surface area contributed by atoms with Gasteiger partial charge in [-0.05, 0) is 42.7 Å². The number of hydrogen-bond donors (Lipinski definition) is 5. The van der Waals surface area contributed by atoms with Crippen molar-refractivity contribution in [1.29, 1.82) is 0 Å². The number of fused-ring (bicyclic) bond motifs is 2. The second-order valence-corrected chi connectivity index (χ2v) is 13.6. The van der Waals surface area contributed by atoms with Crippen molar-refractivity contribution in [2.24, 2.45) is 23.3 Å². The summed E-state index contributed by atoms with van der Waals surface area (Å²) in [6, 6.07) is -1.38. The van der Waals surface area contributed by atoms with Crippen LogP contribution in [-0.2, 0) is 25.7 Å². The minimum atomic E-state index is -1.49. The van der Waals surface area contributed by atoms with Crippen molar-refractivity contribution in [3.05, 3.63) is 16.9 Å². The molecule has 8 atom stereocenters. The summed E-state index contributed by atoms with van der Waals surface area (Å²) in [5.74, 6) is -1.98. The lowest BCUT2D eigenvalue weighted by atomic mass is 9.71. The molecule has 0 radical (unpaired) electrons. The zero-order chi connectivity index (χ0) is 30.6. The smallest absolute Gasteiger partial charge is 0.353 e. The molecule has 0 aromatic carbocycles. The molecule has 0 saturated carbocycles. The van der Waals surface area contributed by atoms with E-state index in [0.29, 0.717) is 42.9 Å². The molecule has 4 saturated heterocycles. The first-order chi connectivity index (χ1) is 20.5. The molecule has 0 aliphatic carbocycles. The molecule has 5 aliphatic rings. The summed E-state index contributed by atoms with van der Waals surface area (Å²) >= 11 is 1.41. The molecule has 17 heteroatoms. The highest BCUT2D eigenvalue weighted by Crippen LogP contribution is 2.52. The average Bonchev–Trinajstić information content (AvgIpc) is 3.79. The highest BCUT2D eigenvalue weighted by Gasteiger charge is 2.68. The van der Waals surface area contributed by atoms with Gasteiger partial charge >= 0.3 is 5.97 Å². The molecule has 1 aromatic rings. The van der Waals surface area contributed by atoms with Crippen LogP contribution in [0.5, 0.6) is 0 Å². The normalized spacial score (nSPS) is 34.4. The van der Waals surface area contributed by atoms with Crippen molar-refractivity contribution in [1.82, 2.24) is 45.5 Å². The Labute approximate surface area is 252 Å². The van der Waals surface area contributed by atoms with Crippen LogP contribution in [0.3, 0.4) is 0 Å². The van der Waals surface area contributed by atoms with Crippen LogP contribution in [0.4, 0.5) is 0 Å². The number of tetrazole rings is 1. The number of thioether (sulfide) groups is 1. The fourth-order valence-electron chi connectivity index (χ4n) is 7.64. The van der Waals surface area contributed by atoms with Gasteiger partial charge in [0.25, 0.3) is 5.91 Å². The van der Waals surface area contributed by atoms with Crippen LogP contribution in [0.2, 0.25) is 0 Å². The lowest BCUT2D eigenvalue weighted by Gasteiger charge is -2.55. The Morgan fingerprint density at radius 3 is 2.81 bits per heavy atom. The SMILES string of the molecule is CC(NC(=O)Cn1cnnn1)[C@@]1(N)C(=O)N2C(C(=O)O)=C(S[C@@H]3CN[C@H](C(=O)N4CC5CCN(CCN)C5C4)C3)[C@H](C)[C@@H]21. The summed E-state index contributed by atoms with van der Waals surface area (Å²) in [6.45, 7) is 7.86. The van der Waals surface area contributed by atoms with Crippen LogP contribution in [0, 0.1) is 11.8 Å². The second kappa shape index (κ2) is 11.4. The fourth-order valence-corrected chi connectivity index (χ4v) is 9.11. The second-order valence-electron chi connectivity index (χ2n) is 12.3. The molecular weight excluding hydrogens is 578 g/mol. The Bertz CT molecular complexity index is 1320. The number of rotatable bonds is 10. The van der Waals surface area contributed by atoms with E-state index >= 15 is 0 Å². The first-order valence-corrected chi connectivity index (χ1v) is 15.7. The number of hydrogen-bond acceptors (Lipinski definition) is 12. The first-order valence-electron chi connectivity index (χ1n) is 14.8. The molecule has 3 amide bonds. The third-order valence-corrected chi connectivity index (χ3v) is 11.3. The van der Waals surface area contributed by atoms with Gasteiger partial charge in [-0.1, -0.05) is 6.92 Å². The number of carbonyl (C=O) groups is 4. The number of carboxylic acids is 1. The summed E-state index contributed by atoms with van der Waals surface area (Å²) in [5, 5.41) is 26.9. The zero-order valence-electron chi connectivity index (χ0n) is 24.3. The van der Waals surface area contributed by atoms with E-state index in [1.54, 1.807) is 6.92 Å². The number of β-lactam (4-membered cyclic amide) rings is 1. The molecule has 16 nitrogen and oxygen atoms in total. The number of carboxylic acid groups (broad SMARTS) is 1. The molecule has 43 heavy (non-hydrogen) atoms. The van der Waals surface area contributed by atoms with Crippen LogP contribution in [-0.4, -0.2) is 138 Å². The van der Waals surface area contributed by atoms with Crippen molar-refractivity contribution >= 4 is 35.5 Å². The van der Waals surface area contributed by atoms with Gasteiger partial charge in [0.15, 0.2) is 0 Å². The maximum absolute atomic E-state index is 13.5. The molecule has 234 valence electrons. The summed E-state index contributed by atoms with van der Waals surface area (Å²) in [4.78, 5) is 58.1. The number of nitrogens with two attached hydrogens (primary N) is 2. The van der Waals surface area contributed by atoms with Gasteiger partial charge in [0.2, 0.25) is 11.8 Å². The molecule has 0 bridgehead atoms. The number of likely N-dealkylation sites (tertiary alicyclic amines) is 2. The van der Waals surface area contributed by atoms with Crippen LogP contribution in [0.1, 0.15) is 26.7 Å². The Kier molecular flexibility index (Phi) is 7.95. The van der Waals surface area contributed by atoms with Crippen LogP contribution in [0.25, 0.3) is 0 Å². The minimum Gasteiger partial charge on any atom is -0.477 e. The monoisotopic (exact) mass is 617 g/mol. The van der Waals surface area contributed by atoms with Crippen molar-refractivity contribution in [3.63, 3.8) is 0 Å². The molecule has 7 N–H and O–H groups in total. The topological polar surface area (TPSA) is 218 Å². The average molecular weight is 618 g/mol. The lowest BCUT2D eigenvalue weighted by molar-refractivity contribution is -0.162. The number of amides is 3. The van der Waals surface area contributed by atoms with Crippen molar-refractivity contribution in [2.45, 2.75) is 68.2 Å². The van der Waals surface area contributed by atoms with E-state index in [2.05, 4.69) is 31.1 Å². The van der Waals surface area contributed by atoms with Crippen molar-refractivity contribution < 1.29 is 24.3 Å². The van der Waals surface area contributed by atoms with Crippen molar-refractivity contribution in [2.75, 3.05) is 39.3 Å². The van der Waals surface area contributed by atoms with E-state index < -0.39 is 35.4 Å². The number of nitrogens with one attached hydrogen (secondary N) is 2. The molecule has 6 rings (SSSR count). The molecule has 4 fully saturated rings. The number of nitrogens with zero attached hydrogens (tertiary/aromatic N) is 7. The van der Waals surface area contributed by atoms with Crippen LogP contribution >= 0.6 is 11.8 Å². The standard InChI is InChI=1S/C26H39N11O5S/c1-13-21(43-16-7-17(29-8-16)23(39)35-9-15-3-5-34(6-4-27)18(15)10-35)20(24(40)41)37-22(13)26(28,25(37)42)14(2)31-19(38)11-36-12-30-32-33-36/h12-18,22,29H,3-11,27-28H2,1-2H3,(H,31,38)(H,40,41)/t13-,14?,15?,16-,17-,18?,22+,26-/m0/s1. The number of carbonyl (C=O) groups excluding carboxylic acids is 3. The zero-order valence-corrected chi connectivity index (χ0v) is 25.1. The Morgan fingerprint density at radius 1 is 1.33 bits per heavy atom. The van der Waals surface area contributed by atoms with Crippen LogP contribution in [0.15, 0.2) is 16.9 Å². The predicted octanol–water partition coefficient (Wildman–Crippen LogP) is -3.01. The van der Waals surface area contributed by atoms with E-state index in [1.165, 1.54) is 27.7 Å². The number of aromatic nitrogens is 4. The van der Waals surface area contributed by atoms with Gasteiger partial charge in [-0.3, -0.25) is 24.2 Å². The molecular formula is C26H39N11O5S. The highest BCUT2D eigenvalue weighted by atomic mass is 32.2. The van der Waals surface area contributed by atoms with Crippen LogP contribution < -0.4 is 22.1 Å². The van der Waals surface area contributed by atoms with Gasteiger partial charge in [0, 0.05) is 54.8 Å². The summed E-state index contributed by atoms with van der Waals surface area (Å²) in [6.07, 6.45) is 2.93. The summed E-state index contributed by atoms with van der Waals surface area (Å²) < 4.78 is 1.25. The van der Waals surface area contributed by atoms with E-state index in [9.17, 15) is 24.3 Å². The van der Waals surface area contributed by atoms with Gasteiger partial charge < -0.3 is 32.1 Å². The largest absolute Gasteiger partial charge is 0.477 e. The van der Waals surface area contributed by atoms with Gasteiger partial charge in [0.1, 0.15) is 24.1 Å². The van der Waals surface area contributed by atoms with E-state index in [4.69, 9.17) is 11.5 Å². The molecule has 0 spiro atoms. The van der Waals surface area contributed by atoms with E-state index in [-0.39, 0.29) is 35.4 Å². The molecule has 3 unspecified atom stereocenters. The van der Waals surface area contributed by atoms with Gasteiger partial charge in [-0.2, -0.15) is 0 Å².